The molecule has 8 nitrogen and oxygen atoms in total. The maximum Gasteiger partial charge on any atom is 0.325 e. The normalized spacial score (nSPS) is 20.4. The van der Waals surface area contributed by atoms with Gasteiger partial charge in [0.2, 0.25) is 11.8 Å². The Kier molecular flexibility index (Phi) is 4.52. The highest BCUT2D eigenvalue weighted by molar-refractivity contribution is 6.10. The molecule has 1 heterocycles. The van der Waals surface area contributed by atoms with E-state index in [1.165, 1.54) is 12.1 Å². The van der Waals surface area contributed by atoms with Crippen molar-refractivity contribution in [3.63, 3.8) is 0 Å². The quantitative estimate of drug-likeness (QED) is 0.670. The first-order valence-corrected chi connectivity index (χ1v) is 9.42. The van der Waals surface area contributed by atoms with E-state index in [9.17, 15) is 23.6 Å². The van der Waals surface area contributed by atoms with Crippen LogP contribution in [0.4, 0.5) is 20.6 Å². The van der Waals surface area contributed by atoms with Crippen LogP contribution < -0.4 is 16.0 Å². The Morgan fingerprint density at radius 1 is 1.18 bits per heavy atom. The van der Waals surface area contributed by atoms with Crippen LogP contribution >= 0.6 is 0 Å². The number of nitrogens with one attached hydrogen (secondary N) is 3. The minimum Gasteiger partial charge on any atom is -0.324 e. The van der Waals surface area contributed by atoms with Crippen LogP contribution in [0, 0.1) is 11.7 Å². The summed E-state index contributed by atoms with van der Waals surface area (Å²) in [6.45, 7) is -0.423. The van der Waals surface area contributed by atoms with Gasteiger partial charge < -0.3 is 16.0 Å². The van der Waals surface area contributed by atoms with E-state index in [2.05, 4.69) is 16.0 Å². The fraction of sp³-hybridized carbons (Fsp3) is 0.474. The summed E-state index contributed by atoms with van der Waals surface area (Å²) < 4.78 is 13.9. The van der Waals surface area contributed by atoms with Gasteiger partial charge in [0, 0.05) is 11.6 Å². The number of urea groups is 1. The molecule has 5 amide bonds. The average molecular weight is 388 g/mol. The Bertz CT molecular complexity index is 861. The van der Waals surface area contributed by atoms with Gasteiger partial charge in [-0.05, 0) is 43.9 Å². The summed E-state index contributed by atoms with van der Waals surface area (Å²) in [5, 5.41) is 7.77. The number of hydrogen-bond donors (Lipinski definition) is 3. The van der Waals surface area contributed by atoms with E-state index in [4.69, 9.17) is 0 Å². The number of carbonyl (C=O) groups excluding carboxylic acids is 4. The summed E-state index contributed by atoms with van der Waals surface area (Å²) in [5.74, 6) is -1.89. The molecule has 3 fully saturated rings. The molecule has 1 spiro atoms. The maximum atomic E-state index is 13.9. The first-order valence-electron chi connectivity index (χ1n) is 9.42. The van der Waals surface area contributed by atoms with Crippen molar-refractivity contribution in [3.05, 3.63) is 24.0 Å². The molecule has 0 aromatic heterocycles. The van der Waals surface area contributed by atoms with Gasteiger partial charge in [-0.1, -0.05) is 12.8 Å². The molecule has 0 atom stereocenters. The third kappa shape index (κ3) is 3.44. The summed E-state index contributed by atoms with van der Waals surface area (Å²) >= 11 is 0. The molecule has 3 N–H and O–H groups in total. The average Bonchev–Trinajstić information content (AvgIpc) is 3.36. The van der Waals surface area contributed by atoms with Gasteiger partial charge in [0.25, 0.3) is 5.91 Å². The number of nitrogens with zero attached hydrogens (tertiary/aromatic N) is 1. The molecule has 0 unspecified atom stereocenters. The van der Waals surface area contributed by atoms with Crippen LogP contribution in [0.25, 0.3) is 0 Å². The fourth-order valence-corrected chi connectivity index (χ4v) is 3.76. The Morgan fingerprint density at radius 2 is 1.89 bits per heavy atom. The highest BCUT2D eigenvalue weighted by Gasteiger charge is 2.52. The molecule has 2 aliphatic carbocycles. The number of imide groups is 1. The first kappa shape index (κ1) is 18.4. The number of rotatable bonds is 5. The Balaban J connectivity index is 1.40. The number of amides is 5. The van der Waals surface area contributed by atoms with Crippen molar-refractivity contribution in [1.29, 1.82) is 0 Å². The molecule has 9 heteroatoms. The summed E-state index contributed by atoms with van der Waals surface area (Å²) in [4.78, 5) is 49.8. The van der Waals surface area contributed by atoms with Crippen LogP contribution in [-0.2, 0) is 14.4 Å². The third-order valence-electron chi connectivity index (χ3n) is 5.46. The van der Waals surface area contributed by atoms with E-state index in [-0.39, 0.29) is 29.1 Å². The van der Waals surface area contributed by atoms with E-state index in [1.807, 2.05) is 0 Å². The lowest BCUT2D eigenvalue weighted by atomic mass is 9.98. The van der Waals surface area contributed by atoms with Crippen molar-refractivity contribution in [2.24, 2.45) is 5.92 Å². The highest BCUT2D eigenvalue weighted by Crippen LogP contribution is 2.35. The molecular formula is C19H21FN4O4. The van der Waals surface area contributed by atoms with Crippen LogP contribution in [0.2, 0.25) is 0 Å². The van der Waals surface area contributed by atoms with Crippen molar-refractivity contribution >= 4 is 35.1 Å². The minimum atomic E-state index is -0.868. The largest absolute Gasteiger partial charge is 0.325 e. The standard InChI is InChI=1S/C19H21FN4O4/c20-13-6-5-12(9-14(13)22-16(26)11-3-4-11)21-15(25)10-24-17(27)19(23-18(24)28)7-1-2-8-19/h5-6,9,11H,1-4,7-8,10H2,(H,21,25)(H,22,26)(H,23,28). The molecular weight excluding hydrogens is 367 g/mol. The summed E-state index contributed by atoms with van der Waals surface area (Å²) in [6.07, 6.45) is 4.46. The fourth-order valence-electron chi connectivity index (χ4n) is 3.76. The van der Waals surface area contributed by atoms with Gasteiger partial charge in [-0.3, -0.25) is 19.3 Å². The van der Waals surface area contributed by atoms with Gasteiger partial charge in [0.05, 0.1) is 5.69 Å². The second-order valence-electron chi connectivity index (χ2n) is 7.62. The van der Waals surface area contributed by atoms with E-state index < -0.39 is 29.8 Å². The molecule has 2 saturated carbocycles. The molecule has 0 radical (unpaired) electrons. The zero-order chi connectivity index (χ0) is 19.9. The van der Waals surface area contributed by atoms with E-state index >= 15 is 0 Å². The lowest BCUT2D eigenvalue weighted by molar-refractivity contribution is -0.133. The van der Waals surface area contributed by atoms with Crippen molar-refractivity contribution in [3.8, 4) is 0 Å². The lowest BCUT2D eigenvalue weighted by Crippen LogP contribution is -2.44. The topological polar surface area (TPSA) is 108 Å². The van der Waals surface area contributed by atoms with Crippen molar-refractivity contribution < 1.29 is 23.6 Å². The number of carbonyl (C=O) groups is 4. The van der Waals surface area contributed by atoms with Gasteiger partial charge in [-0.15, -0.1) is 0 Å². The zero-order valence-corrected chi connectivity index (χ0v) is 15.2. The summed E-state index contributed by atoms with van der Waals surface area (Å²) in [5.41, 5.74) is -0.622. The van der Waals surface area contributed by atoms with Gasteiger partial charge >= 0.3 is 6.03 Å². The smallest absolute Gasteiger partial charge is 0.324 e. The van der Waals surface area contributed by atoms with Crippen molar-refractivity contribution in [2.45, 2.75) is 44.1 Å². The van der Waals surface area contributed by atoms with Crippen LogP contribution in [0.3, 0.4) is 0 Å². The predicted molar refractivity (Wildman–Crippen MR) is 97.8 cm³/mol. The van der Waals surface area contributed by atoms with Crippen molar-refractivity contribution in [2.75, 3.05) is 17.2 Å². The third-order valence-corrected chi connectivity index (χ3v) is 5.46. The SMILES string of the molecule is O=C(CN1C(=O)NC2(CCCC2)C1=O)Nc1ccc(F)c(NC(=O)C2CC2)c1. The minimum absolute atomic E-state index is 0.0189. The maximum absolute atomic E-state index is 13.9. The zero-order valence-electron chi connectivity index (χ0n) is 15.2. The first-order chi connectivity index (χ1) is 13.4. The molecule has 28 heavy (non-hydrogen) atoms. The second-order valence-corrected chi connectivity index (χ2v) is 7.62. The van der Waals surface area contributed by atoms with Gasteiger partial charge in [-0.25, -0.2) is 9.18 Å². The molecule has 148 valence electrons. The second kappa shape index (κ2) is 6.88. The van der Waals surface area contributed by atoms with Gasteiger partial charge in [0.1, 0.15) is 17.9 Å². The summed E-state index contributed by atoms with van der Waals surface area (Å²) in [6, 6.07) is 3.24. The summed E-state index contributed by atoms with van der Waals surface area (Å²) in [7, 11) is 0. The van der Waals surface area contributed by atoms with Crippen LogP contribution in [-0.4, -0.2) is 40.7 Å². The Labute approximate surface area is 160 Å². The number of halogens is 1. The highest BCUT2D eigenvalue weighted by atomic mass is 19.1. The van der Waals surface area contributed by atoms with Crippen LogP contribution in [0.5, 0.6) is 0 Å². The van der Waals surface area contributed by atoms with Gasteiger partial charge in [-0.2, -0.15) is 0 Å². The lowest BCUT2D eigenvalue weighted by Gasteiger charge is -2.19. The van der Waals surface area contributed by atoms with Crippen LogP contribution in [0.1, 0.15) is 38.5 Å². The van der Waals surface area contributed by atoms with Gasteiger partial charge in [0.15, 0.2) is 0 Å². The predicted octanol–water partition coefficient (Wildman–Crippen LogP) is 1.98. The molecule has 4 rings (SSSR count). The molecule has 1 aromatic carbocycles. The molecule has 1 aromatic rings. The Hall–Kier alpha value is -2.97. The monoisotopic (exact) mass is 388 g/mol. The molecule has 1 saturated heterocycles. The Morgan fingerprint density at radius 3 is 2.57 bits per heavy atom. The van der Waals surface area contributed by atoms with Crippen LogP contribution in [0.15, 0.2) is 18.2 Å². The number of anilines is 2. The number of benzene rings is 1. The van der Waals surface area contributed by atoms with Crippen molar-refractivity contribution in [1.82, 2.24) is 10.2 Å². The number of hydrogen-bond acceptors (Lipinski definition) is 4. The van der Waals surface area contributed by atoms with E-state index in [1.54, 1.807) is 0 Å². The molecule has 3 aliphatic rings. The molecule has 1 aliphatic heterocycles. The van der Waals surface area contributed by atoms with E-state index in [0.29, 0.717) is 12.8 Å². The van der Waals surface area contributed by atoms with E-state index in [0.717, 1.165) is 36.6 Å². The molecule has 0 bridgehead atoms.